The number of carbonyl (C=O) groups excluding carboxylic acids is 2. The second kappa shape index (κ2) is 13.7. The quantitative estimate of drug-likeness (QED) is 0.0953. The first-order valence-corrected chi connectivity index (χ1v) is 15.9. The van der Waals surface area contributed by atoms with Crippen LogP contribution in [0.2, 0.25) is 5.02 Å². The lowest BCUT2D eigenvalue weighted by Crippen LogP contribution is -2.29. The Kier molecular flexibility index (Phi) is 9.76. The SMILES string of the molecule is CCCOc1ccc(/C(O)=C2\C(=O)C(=O)N(c3nc4ccc(Cl)cc4s3)C2c2ccc(OCCC(C)C)c(OCC)c2)cc1. The molecule has 1 saturated heterocycles. The number of ketones is 1. The van der Waals surface area contributed by atoms with E-state index >= 15 is 0 Å². The van der Waals surface area contributed by atoms with Crippen LogP contribution in [0.15, 0.2) is 66.2 Å². The highest BCUT2D eigenvalue weighted by atomic mass is 35.5. The number of thiazole rings is 1. The van der Waals surface area contributed by atoms with Crippen LogP contribution in [0, 0.1) is 5.92 Å². The molecular weight excluding hydrogens is 600 g/mol. The van der Waals surface area contributed by atoms with Crippen LogP contribution in [0.4, 0.5) is 5.13 Å². The van der Waals surface area contributed by atoms with Gasteiger partial charge in [0.2, 0.25) is 0 Å². The summed E-state index contributed by atoms with van der Waals surface area (Å²) in [7, 11) is 0. The molecule has 1 unspecified atom stereocenters. The monoisotopic (exact) mass is 634 g/mol. The average Bonchev–Trinajstić information content (AvgIpc) is 3.53. The van der Waals surface area contributed by atoms with Crippen LogP contribution in [0.3, 0.4) is 0 Å². The molecule has 1 aromatic heterocycles. The first-order chi connectivity index (χ1) is 21.2. The summed E-state index contributed by atoms with van der Waals surface area (Å²) in [4.78, 5) is 33.5. The summed E-state index contributed by atoms with van der Waals surface area (Å²) >= 11 is 7.46. The van der Waals surface area contributed by atoms with Crippen LogP contribution < -0.4 is 19.1 Å². The minimum absolute atomic E-state index is 0.0505. The number of fused-ring (bicyclic) bond motifs is 1. The van der Waals surface area contributed by atoms with Gasteiger partial charge in [-0.3, -0.25) is 14.5 Å². The molecule has 1 atom stereocenters. The van der Waals surface area contributed by atoms with Gasteiger partial charge in [-0.2, -0.15) is 0 Å². The number of aliphatic hydroxyl groups is 1. The number of hydrogen-bond acceptors (Lipinski definition) is 8. The number of halogens is 1. The molecule has 0 bridgehead atoms. The van der Waals surface area contributed by atoms with E-state index < -0.39 is 17.7 Å². The number of carbonyl (C=O) groups is 2. The van der Waals surface area contributed by atoms with E-state index in [-0.39, 0.29) is 11.3 Å². The predicted molar refractivity (Wildman–Crippen MR) is 174 cm³/mol. The van der Waals surface area contributed by atoms with Gasteiger partial charge in [0.05, 0.1) is 41.7 Å². The maximum Gasteiger partial charge on any atom is 0.301 e. The van der Waals surface area contributed by atoms with Gasteiger partial charge in [0.15, 0.2) is 16.6 Å². The largest absolute Gasteiger partial charge is 0.507 e. The molecule has 0 saturated carbocycles. The molecule has 1 amide bonds. The molecule has 0 spiro atoms. The Morgan fingerprint density at radius 2 is 1.75 bits per heavy atom. The van der Waals surface area contributed by atoms with Gasteiger partial charge in [0.25, 0.3) is 5.78 Å². The topological polar surface area (TPSA) is 98.2 Å². The summed E-state index contributed by atoms with van der Waals surface area (Å²) in [5, 5.41) is 12.4. The van der Waals surface area contributed by atoms with Crippen molar-refractivity contribution in [2.24, 2.45) is 5.92 Å². The van der Waals surface area contributed by atoms with Crippen LogP contribution >= 0.6 is 22.9 Å². The van der Waals surface area contributed by atoms with E-state index in [4.69, 9.17) is 25.8 Å². The standard InChI is InChI=1S/C34H35ClN2O6S/c1-5-16-42-24-11-7-21(8-12-24)31(38)29-30(22-9-14-26(27(18-22)41-6-2)43-17-15-20(3)4)37(33(40)32(29)39)34-36-25-13-10-23(35)19-28(25)44-34/h7-14,18-20,30,38H,5-6,15-17H2,1-4H3/b31-29+. The van der Waals surface area contributed by atoms with Crippen molar-refractivity contribution in [3.8, 4) is 17.2 Å². The Bertz CT molecular complexity index is 1700. The molecule has 2 heterocycles. The number of aromatic nitrogens is 1. The van der Waals surface area contributed by atoms with Gasteiger partial charge in [-0.05, 0) is 85.8 Å². The lowest BCUT2D eigenvalue weighted by atomic mass is 9.95. The smallest absolute Gasteiger partial charge is 0.301 e. The molecule has 5 rings (SSSR count). The Morgan fingerprint density at radius 1 is 0.977 bits per heavy atom. The highest BCUT2D eigenvalue weighted by Gasteiger charge is 2.48. The minimum Gasteiger partial charge on any atom is -0.507 e. The lowest BCUT2D eigenvalue weighted by Gasteiger charge is -2.24. The van der Waals surface area contributed by atoms with Gasteiger partial charge in [0.1, 0.15) is 11.5 Å². The average molecular weight is 635 g/mol. The fraction of sp³-hybridized carbons (Fsp3) is 0.324. The molecule has 1 aliphatic rings. The van der Waals surface area contributed by atoms with Crippen LogP contribution in [-0.2, 0) is 9.59 Å². The summed E-state index contributed by atoms with van der Waals surface area (Å²) < 4.78 is 18.4. The van der Waals surface area contributed by atoms with Gasteiger partial charge in [-0.1, -0.05) is 49.8 Å². The summed E-state index contributed by atoms with van der Waals surface area (Å²) in [6.07, 6.45) is 1.73. The Hall–Kier alpha value is -4.08. The van der Waals surface area contributed by atoms with Crippen LogP contribution in [0.5, 0.6) is 17.2 Å². The number of rotatable bonds is 12. The molecular formula is C34H35ClN2O6S. The van der Waals surface area contributed by atoms with Crippen molar-refractivity contribution in [2.45, 2.75) is 46.6 Å². The highest BCUT2D eigenvalue weighted by molar-refractivity contribution is 7.22. The zero-order valence-electron chi connectivity index (χ0n) is 25.1. The normalized spacial score (nSPS) is 16.2. The number of nitrogens with zero attached hydrogens (tertiary/aromatic N) is 2. The van der Waals surface area contributed by atoms with E-state index in [1.165, 1.54) is 16.2 Å². The first-order valence-electron chi connectivity index (χ1n) is 14.7. The van der Waals surface area contributed by atoms with Crippen molar-refractivity contribution in [1.82, 2.24) is 4.98 Å². The fourth-order valence-electron chi connectivity index (χ4n) is 4.91. The molecule has 0 aliphatic carbocycles. The van der Waals surface area contributed by atoms with Crippen molar-refractivity contribution in [1.29, 1.82) is 0 Å². The zero-order valence-corrected chi connectivity index (χ0v) is 26.7. The molecule has 0 radical (unpaired) electrons. The third kappa shape index (κ3) is 6.54. The van der Waals surface area contributed by atoms with Crippen molar-refractivity contribution in [2.75, 3.05) is 24.7 Å². The highest BCUT2D eigenvalue weighted by Crippen LogP contribution is 2.46. The first kappa shape index (κ1) is 31.3. The Labute approximate surface area is 265 Å². The van der Waals surface area contributed by atoms with Gasteiger partial charge in [0, 0.05) is 10.6 Å². The number of Topliss-reactive ketones (excluding diaryl/α,β-unsaturated/α-hetero) is 1. The molecule has 1 fully saturated rings. The molecule has 3 aromatic carbocycles. The maximum atomic E-state index is 13.7. The molecule has 8 nitrogen and oxygen atoms in total. The van der Waals surface area contributed by atoms with E-state index in [9.17, 15) is 14.7 Å². The van der Waals surface area contributed by atoms with Crippen molar-refractivity contribution in [3.63, 3.8) is 0 Å². The van der Waals surface area contributed by atoms with Gasteiger partial charge in [-0.15, -0.1) is 0 Å². The maximum absolute atomic E-state index is 13.7. The van der Waals surface area contributed by atoms with E-state index in [0.29, 0.717) is 69.8 Å². The Morgan fingerprint density at radius 3 is 2.45 bits per heavy atom. The molecule has 44 heavy (non-hydrogen) atoms. The number of ether oxygens (including phenoxy) is 3. The van der Waals surface area contributed by atoms with Gasteiger partial charge < -0.3 is 19.3 Å². The van der Waals surface area contributed by atoms with Crippen LogP contribution in [-0.4, -0.2) is 41.6 Å². The zero-order chi connectivity index (χ0) is 31.4. The van der Waals surface area contributed by atoms with E-state index in [1.807, 2.05) is 13.8 Å². The molecule has 230 valence electrons. The lowest BCUT2D eigenvalue weighted by molar-refractivity contribution is -0.132. The minimum atomic E-state index is -0.981. The number of hydrogen-bond donors (Lipinski definition) is 1. The summed E-state index contributed by atoms with van der Waals surface area (Å²) in [5.41, 5.74) is 1.53. The molecule has 1 N–H and O–H groups in total. The van der Waals surface area contributed by atoms with Crippen molar-refractivity contribution < 1.29 is 28.9 Å². The third-order valence-corrected chi connectivity index (χ3v) is 8.38. The summed E-state index contributed by atoms with van der Waals surface area (Å²) in [6.45, 7) is 9.60. The second-order valence-electron chi connectivity index (χ2n) is 10.8. The summed E-state index contributed by atoms with van der Waals surface area (Å²) in [5.74, 6) is 0.255. The number of benzene rings is 3. The predicted octanol–water partition coefficient (Wildman–Crippen LogP) is 8.19. The van der Waals surface area contributed by atoms with Crippen molar-refractivity contribution in [3.05, 3.63) is 82.4 Å². The van der Waals surface area contributed by atoms with Crippen LogP contribution in [0.1, 0.15) is 57.7 Å². The van der Waals surface area contributed by atoms with Crippen molar-refractivity contribution >= 4 is 55.7 Å². The third-order valence-electron chi connectivity index (χ3n) is 7.13. The fourth-order valence-corrected chi connectivity index (χ4v) is 6.17. The molecule has 10 heteroatoms. The van der Waals surface area contributed by atoms with E-state index in [0.717, 1.165) is 17.5 Å². The van der Waals surface area contributed by atoms with E-state index in [1.54, 1.807) is 60.7 Å². The molecule has 4 aromatic rings. The van der Waals surface area contributed by atoms with E-state index in [2.05, 4.69) is 18.8 Å². The number of anilines is 1. The van der Waals surface area contributed by atoms with Gasteiger partial charge >= 0.3 is 5.91 Å². The molecule has 1 aliphatic heterocycles. The Balaban J connectivity index is 1.64. The number of amides is 1. The van der Waals surface area contributed by atoms with Gasteiger partial charge in [-0.25, -0.2) is 4.98 Å². The van der Waals surface area contributed by atoms with Crippen LogP contribution in [0.25, 0.3) is 16.0 Å². The summed E-state index contributed by atoms with van der Waals surface area (Å²) in [6, 6.07) is 16.4. The number of aliphatic hydroxyl groups excluding tert-OH is 1. The second-order valence-corrected chi connectivity index (χ2v) is 12.3.